The Balaban J connectivity index is 1.12. The highest BCUT2D eigenvalue weighted by Crippen LogP contribution is 2.48. The average molecular weight is 818 g/mol. The third-order valence-corrected chi connectivity index (χ3v) is 14.7. The van der Waals surface area contributed by atoms with E-state index >= 15 is 0 Å². The Bertz CT molecular complexity index is 2090. The van der Waals surface area contributed by atoms with Crippen LogP contribution < -0.4 is 20.1 Å². The molecule has 1 aliphatic heterocycles. The van der Waals surface area contributed by atoms with Gasteiger partial charge in [-0.1, -0.05) is 63.2 Å². The van der Waals surface area contributed by atoms with Gasteiger partial charge in [0.15, 0.2) is 0 Å². The van der Waals surface area contributed by atoms with Crippen molar-refractivity contribution >= 4 is 45.2 Å². The highest BCUT2D eigenvalue weighted by Gasteiger charge is 2.63. The first-order chi connectivity index (χ1) is 27.1. The summed E-state index contributed by atoms with van der Waals surface area (Å²) in [6.45, 7) is 9.29. The minimum absolute atomic E-state index is 0.0000205. The molecule has 3 saturated carbocycles. The maximum Gasteiger partial charge on any atom is 0.408 e. The third-order valence-electron chi connectivity index (χ3n) is 11.6. The Morgan fingerprint density at radius 3 is 2.42 bits per heavy atom. The number of thiophene rings is 1. The molecule has 15 heteroatoms. The summed E-state index contributed by atoms with van der Waals surface area (Å²) >= 11 is 1.53. The zero-order chi connectivity index (χ0) is 40.6. The van der Waals surface area contributed by atoms with Gasteiger partial charge in [-0.15, -0.1) is 17.9 Å². The third kappa shape index (κ3) is 8.74. The van der Waals surface area contributed by atoms with E-state index in [-0.39, 0.29) is 31.9 Å². The molecule has 4 aliphatic rings. The molecule has 57 heavy (non-hydrogen) atoms. The number of nitrogens with one attached hydrogen (secondary N) is 3. The minimum atomic E-state index is -4.14. The second-order valence-corrected chi connectivity index (χ2v) is 19.9. The molecule has 2 aromatic heterocycles. The second kappa shape index (κ2) is 15.9. The number of aromatic nitrogens is 1. The summed E-state index contributed by atoms with van der Waals surface area (Å²) in [5.41, 5.74) is -0.816. The molecule has 7 rings (SSSR count). The standard InChI is InChI=1S/C42H51N5O8S2/c1-5-28-25-42(28,38(50)46-57(52,53)41(18-19-41)24-27-12-7-6-8-13-27)45-36(48)33-23-31(54-30-17-20-43-32(22-30)34-16-11-21-56-34)26-47(33)37(49)35(40(2,3)4)44-39(51)55-29-14-9-10-15-29/h5-8,11-13,16-17,20-22,28-29,31,33,35H,1,9-10,14-15,18-19,23-26H2,2-4H3,(H,44,51)(H,45,48)(H,46,50)/t28-,31?,33+,35-,42-/m1/s1. The summed E-state index contributed by atoms with van der Waals surface area (Å²) < 4.78 is 40.8. The van der Waals surface area contributed by atoms with Gasteiger partial charge in [0.25, 0.3) is 5.91 Å². The Morgan fingerprint density at radius 2 is 1.79 bits per heavy atom. The van der Waals surface area contributed by atoms with E-state index in [2.05, 4.69) is 26.9 Å². The first kappa shape index (κ1) is 40.4. The van der Waals surface area contributed by atoms with Gasteiger partial charge in [0.1, 0.15) is 35.6 Å². The number of pyridine rings is 1. The van der Waals surface area contributed by atoms with Crippen molar-refractivity contribution in [2.24, 2.45) is 11.3 Å². The van der Waals surface area contributed by atoms with Crippen LogP contribution in [-0.2, 0) is 35.6 Å². The number of nitrogens with zero attached hydrogens (tertiary/aromatic N) is 2. The second-order valence-electron chi connectivity index (χ2n) is 16.9. The summed E-state index contributed by atoms with van der Waals surface area (Å²) in [6.07, 6.45) is 6.28. The number of carbonyl (C=O) groups is 4. The van der Waals surface area contributed by atoms with Crippen molar-refractivity contribution in [2.45, 2.75) is 113 Å². The lowest BCUT2D eigenvalue weighted by molar-refractivity contribution is -0.143. The van der Waals surface area contributed by atoms with Crippen LogP contribution in [0.1, 0.15) is 77.7 Å². The van der Waals surface area contributed by atoms with Crippen LogP contribution in [-0.4, -0.2) is 83.2 Å². The van der Waals surface area contributed by atoms with E-state index in [9.17, 15) is 27.6 Å². The van der Waals surface area contributed by atoms with E-state index < -0.39 is 73.6 Å². The Labute approximate surface area is 338 Å². The molecule has 3 aromatic rings. The molecule has 0 spiro atoms. The monoisotopic (exact) mass is 817 g/mol. The number of alkyl carbamates (subject to hydrolysis) is 1. The summed E-state index contributed by atoms with van der Waals surface area (Å²) in [6, 6.07) is 14.4. The van der Waals surface area contributed by atoms with Crippen LogP contribution in [0.3, 0.4) is 0 Å². The first-order valence-electron chi connectivity index (χ1n) is 19.6. The molecule has 3 aliphatic carbocycles. The van der Waals surface area contributed by atoms with Gasteiger partial charge in [0.2, 0.25) is 21.8 Å². The van der Waals surface area contributed by atoms with Crippen LogP contribution in [0.2, 0.25) is 0 Å². The lowest BCUT2D eigenvalue weighted by Gasteiger charge is -2.35. The number of benzene rings is 1. The number of amides is 4. The number of likely N-dealkylation sites (tertiary alicyclic amines) is 1. The largest absolute Gasteiger partial charge is 0.488 e. The van der Waals surface area contributed by atoms with Crippen LogP contribution in [0, 0.1) is 11.3 Å². The molecule has 304 valence electrons. The highest BCUT2D eigenvalue weighted by molar-refractivity contribution is 7.91. The van der Waals surface area contributed by atoms with E-state index in [4.69, 9.17) is 9.47 Å². The number of carbonyl (C=O) groups excluding carboxylic acids is 4. The first-order valence-corrected chi connectivity index (χ1v) is 22.0. The van der Waals surface area contributed by atoms with E-state index in [1.54, 1.807) is 18.3 Å². The average Bonchev–Trinajstić information content (AvgIpc) is 3.78. The minimum Gasteiger partial charge on any atom is -0.488 e. The number of hydrogen-bond acceptors (Lipinski definition) is 10. The van der Waals surface area contributed by atoms with E-state index in [1.807, 2.05) is 68.6 Å². The van der Waals surface area contributed by atoms with Gasteiger partial charge in [0, 0.05) is 24.6 Å². The fraction of sp³-hybridized carbons (Fsp3) is 0.500. The van der Waals surface area contributed by atoms with Crippen molar-refractivity contribution in [2.75, 3.05) is 6.54 Å². The van der Waals surface area contributed by atoms with E-state index in [0.29, 0.717) is 24.3 Å². The maximum atomic E-state index is 14.6. The zero-order valence-corrected chi connectivity index (χ0v) is 34.2. The summed E-state index contributed by atoms with van der Waals surface area (Å²) in [4.78, 5) is 63.1. The van der Waals surface area contributed by atoms with E-state index in [0.717, 1.165) is 36.1 Å². The van der Waals surface area contributed by atoms with Crippen LogP contribution in [0.15, 0.2) is 78.8 Å². The van der Waals surface area contributed by atoms with Crippen molar-refractivity contribution in [3.8, 4) is 16.3 Å². The SMILES string of the molecule is C=C[C@@H]1C[C@]1(NC(=O)[C@@H]1CC(Oc2ccnc(-c3cccs3)c2)CN1C(=O)[C@@H](NC(=O)OC1CCCC1)C(C)(C)C)C(=O)NS(=O)(=O)C1(Cc2ccccc2)CC1. The predicted molar refractivity (Wildman–Crippen MR) is 216 cm³/mol. The molecular weight excluding hydrogens is 767 g/mol. The highest BCUT2D eigenvalue weighted by atomic mass is 32.2. The predicted octanol–water partition coefficient (Wildman–Crippen LogP) is 5.52. The molecule has 3 N–H and O–H groups in total. The quantitative estimate of drug-likeness (QED) is 0.177. The van der Waals surface area contributed by atoms with Crippen molar-refractivity contribution in [3.05, 3.63) is 84.4 Å². The van der Waals surface area contributed by atoms with Crippen molar-refractivity contribution in [1.29, 1.82) is 0 Å². The van der Waals surface area contributed by atoms with Gasteiger partial charge in [-0.3, -0.25) is 24.1 Å². The molecule has 1 saturated heterocycles. The van der Waals surface area contributed by atoms with Crippen LogP contribution in [0.4, 0.5) is 4.79 Å². The molecule has 1 aromatic carbocycles. The van der Waals surface area contributed by atoms with Crippen molar-refractivity contribution < 1.29 is 37.1 Å². The molecule has 5 atom stereocenters. The number of ether oxygens (including phenoxy) is 2. The molecule has 1 unspecified atom stereocenters. The summed E-state index contributed by atoms with van der Waals surface area (Å²) in [7, 11) is -4.14. The summed E-state index contributed by atoms with van der Waals surface area (Å²) in [5.74, 6) is -2.05. The molecule has 0 bridgehead atoms. The Kier molecular flexibility index (Phi) is 11.3. The van der Waals surface area contributed by atoms with Gasteiger partial charge < -0.3 is 25.0 Å². The lowest BCUT2D eigenvalue weighted by Crippen LogP contribution is -2.60. The van der Waals surface area contributed by atoms with Crippen LogP contribution in [0.25, 0.3) is 10.6 Å². The fourth-order valence-corrected chi connectivity index (χ4v) is 10.4. The number of rotatable bonds is 14. The van der Waals surface area contributed by atoms with Gasteiger partial charge in [-0.2, -0.15) is 0 Å². The fourth-order valence-electron chi connectivity index (χ4n) is 8.04. The normalized spacial score (nSPS) is 24.5. The molecular formula is C42H51N5O8S2. The lowest BCUT2D eigenvalue weighted by atomic mass is 9.85. The van der Waals surface area contributed by atoms with Gasteiger partial charge in [-0.25, -0.2) is 13.2 Å². The zero-order valence-electron chi connectivity index (χ0n) is 32.6. The molecule has 3 heterocycles. The van der Waals surface area contributed by atoms with Crippen LogP contribution in [0.5, 0.6) is 5.75 Å². The van der Waals surface area contributed by atoms with E-state index in [1.165, 1.54) is 22.3 Å². The van der Waals surface area contributed by atoms with Crippen molar-refractivity contribution in [3.63, 3.8) is 0 Å². The Morgan fingerprint density at radius 1 is 1.05 bits per heavy atom. The van der Waals surface area contributed by atoms with Crippen molar-refractivity contribution in [1.82, 2.24) is 25.2 Å². The van der Waals surface area contributed by atoms with Gasteiger partial charge in [-0.05, 0) is 79.9 Å². The molecule has 0 radical (unpaired) electrons. The van der Waals surface area contributed by atoms with Gasteiger partial charge >= 0.3 is 6.09 Å². The summed E-state index contributed by atoms with van der Waals surface area (Å²) in [5, 5.41) is 7.60. The maximum absolute atomic E-state index is 14.6. The van der Waals surface area contributed by atoms with Gasteiger partial charge in [0.05, 0.1) is 21.9 Å². The molecule has 13 nitrogen and oxygen atoms in total. The topological polar surface area (TPSA) is 173 Å². The molecule has 4 fully saturated rings. The number of sulfonamides is 1. The smallest absolute Gasteiger partial charge is 0.408 e. The van der Waals surface area contributed by atoms with Crippen LogP contribution >= 0.6 is 11.3 Å². The Hall–Kier alpha value is -4.76. The molecule has 4 amide bonds. The number of hydrogen-bond donors (Lipinski definition) is 3.